The van der Waals surface area contributed by atoms with Gasteiger partial charge in [-0.25, -0.2) is 0 Å². The topological polar surface area (TPSA) is 41.5 Å². The zero-order chi connectivity index (χ0) is 12.1. The molecule has 88 valence electrons. The Hall–Kier alpha value is -2.16. The molecule has 0 atom stereocenters. The molecule has 0 radical (unpaired) electrons. The van der Waals surface area contributed by atoms with E-state index in [1.165, 1.54) is 0 Å². The van der Waals surface area contributed by atoms with Gasteiger partial charge in [0, 0.05) is 5.69 Å². The third kappa shape index (κ3) is 2.91. The molecule has 0 heterocycles. The maximum absolute atomic E-state index is 9.62. The molecule has 0 bridgehead atoms. The summed E-state index contributed by atoms with van der Waals surface area (Å²) in [5, 5.41) is 12.8. The predicted molar refractivity (Wildman–Crippen MR) is 69.0 cm³/mol. The van der Waals surface area contributed by atoms with E-state index in [4.69, 9.17) is 4.74 Å². The van der Waals surface area contributed by atoms with Crippen molar-refractivity contribution in [3.63, 3.8) is 0 Å². The number of hydrogen-bond donors (Lipinski definition) is 2. The van der Waals surface area contributed by atoms with Gasteiger partial charge in [0.05, 0.1) is 12.3 Å². The highest BCUT2D eigenvalue weighted by atomic mass is 16.5. The molecule has 3 heteroatoms. The van der Waals surface area contributed by atoms with E-state index in [1.54, 1.807) is 12.1 Å². The standard InChI is InChI=1S/C14H15NO2/c1-2-17-12-9-7-11(8-10-12)15-13-5-3-4-6-14(13)16/h3-10,15-16H,2H2,1H3. The number of ether oxygens (including phenoxy) is 1. The minimum atomic E-state index is 0.237. The maximum Gasteiger partial charge on any atom is 0.139 e. The number of hydrogen-bond acceptors (Lipinski definition) is 3. The second kappa shape index (κ2) is 5.25. The van der Waals surface area contributed by atoms with Crippen molar-refractivity contribution in [2.45, 2.75) is 6.92 Å². The number of phenols is 1. The van der Waals surface area contributed by atoms with Gasteiger partial charge in [-0.3, -0.25) is 0 Å². The highest BCUT2D eigenvalue weighted by Crippen LogP contribution is 2.26. The number of para-hydroxylation sites is 2. The SMILES string of the molecule is CCOc1ccc(Nc2ccccc2O)cc1. The van der Waals surface area contributed by atoms with Crippen LogP contribution in [0.5, 0.6) is 11.5 Å². The third-order valence-corrected chi connectivity index (χ3v) is 2.35. The number of anilines is 2. The minimum Gasteiger partial charge on any atom is -0.506 e. The van der Waals surface area contributed by atoms with E-state index in [2.05, 4.69) is 5.32 Å². The molecule has 2 rings (SSSR count). The van der Waals surface area contributed by atoms with Crippen LogP contribution in [0.4, 0.5) is 11.4 Å². The third-order valence-electron chi connectivity index (χ3n) is 2.35. The van der Waals surface area contributed by atoms with Gasteiger partial charge in [0.15, 0.2) is 0 Å². The number of nitrogens with one attached hydrogen (secondary N) is 1. The molecule has 2 N–H and O–H groups in total. The normalized spacial score (nSPS) is 9.94. The molecule has 0 aliphatic carbocycles. The summed E-state index contributed by atoms with van der Waals surface area (Å²) >= 11 is 0. The smallest absolute Gasteiger partial charge is 0.139 e. The van der Waals surface area contributed by atoms with Gasteiger partial charge < -0.3 is 15.2 Å². The van der Waals surface area contributed by atoms with E-state index in [9.17, 15) is 5.11 Å². The van der Waals surface area contributed by atoms with Crippen molar-refractivity contribution in [2.75, 3.05) is 11.9 Å². The second-order valence-corrected chi connectivity index (χ2v) is 3.60. The summed E-state index contributed by atoms with van der Waals surface area (Å²) in [5.41, 5.74) is 1.60. The summed E-state index contributed by atoms with van der Waals surface area (Å²) in [5.74, 6) is 1.08. The van der Waals surface area contributed by atoms with Crippen molar-refractivity contribution in [3.8, 4) is 11.5 Å². The predicted octanol–water partition coefficient (Wildman–Crippen LogP) is 3.53. The molecule has 0 fully saturated rings. The van der Waals surface area contributed by atoms with Gasteiger partial charge in [-0.2, -0.15) is 0 Å². The maximum atomic E-state index is 9.62. The van der Waals surface area contributed by atoms with Gasteiger partial charge in [-0.05, 0) is 43.3 Å². The number of phenolic OH excluding ortho intramolecular Hbond substituents is 1. The second-order valence-electron chi connectivity index (χ2n) is 3.60. The Morgan fingerprint density at radius 3 is 2.41 bits per heavy atom. The molecule has 0 unspecified atom stereocenters. The van der Waals surface area contributed by atoms with E-state index in [0.717, 1.165) is 11.4 Å². The first kappa shape index (κ1) is 11.3. The van der Waals surface area contributed by atoms with Crippen molar-refractivity contribution >= 4 is 11.4 Å². The molecule has 0 saturated carbocycles. The van der Waals surface area contributed by atoms with Gasteiger partial charge in [0.2, 0.25) is 0 Å². The van der Waals surface area contributed by atoms with Crippen molar-refractivity contribution in [3.05, 3.63) is 48.5 Å². The average molecular weight is 229 g/mol. The lowest BCUT2D eigenvalue weighted by molar-refractivity contribution is 0.340. The average Bonchev–Trinajstić information content (AvgIpc) is 2.35. The van der Waals surface area contributed by atoms with Crippen LogP contribution in [0.1, 0.15) is 6.92 Å². The zero-order valence-electron chi connectivity index (χ0n) is 9.68. The fourth-order valence-electron chi connectivity index (χ4n) is 1.54. The number of rotatable bonds is 4. The molecule has 0 aliphatic rings. The lowest BCUT2D eigenvalue weighted by Crippen LogP contribution is -1.93. The Bertz CT molecular complexity index is 480. The van der Waals surface area contributed by atoms with Gasteiger partial charge >= 0.3 is 0 Å². The van der Waals surface area contributed by atoms with Crippen LogP contribution in [0.25, 0.3) is 0 Å². The van der Waals surface area contributed by atoms with Crippen LogP contribution in [-0.4, -0.2) is 11.7 Å². The summed E-state index contributed by atoms with van der Waals surface area (Å²) in [7, 11) is 0. The highest BCUT2D eigenvalue weighted by Gasteiger charge is 2.00. The quantitative estimate of drug-likeness (QED) is 0.788. The summed E-state index contributed by atoms with van der Waals surface area (Å²) < 4.78 is 5.36. The van der Waals surface area contributed by atoms with Crippen LogP contribution < -0.4 is 10.1 Å². The first-order valence-corrected chi connectivity index (χ1v) is 5.57. The van der Waals surface area contributed by atoms with E-state index in [-0.39, 0.29) is 5.75 Å². The summed E-state index contributed by atoms with van der Waals surface area (Å²) in [4.78, 5) is 0. The molecular formula is C14H15NO2. The Labute approximate surface area is 101 Å². The van der Waals surface area contributed by atoms with Crippen LogP contribution >= 0.6 is 0 Å². The summed E-state index contributed by atoms with van der Waals surface area (Å²) in [6.45, 7) is 2.61. The van der Waals surface area contributed by atoms with Crippen LogP contribution in [0.2, 0.25) is 0 Å². The molecule has 0 aliphatic heterocycles. The van der Waals surface area contributed by atoms with Crippen LogP contribution in [0.15, 0.2) is 48.5 Å². The van der Waals surface area contributed by atoms with Crippen molar-refractivity contribution in [2.24, 2.45) is 0 Å². The summed E-state index contributed by atoms with van der Waals surface area (Å²) in [6, 6.07) is 14.8. The van der Waals surface area contributed by atoms with Crippen LogP contribution in [-0.2, 0) is 0 Å². The van der Waals surface area contributed by atoms with Crippen LogP contribution in [0.3, 0.4) is 0 Å². The Morgan fingerprint density at radius 2 is 1.76 bits per heavy atom. The zero-order valence-corrected chi connectivity index (χ0v) is 9.68. The van der Waals surface area contributed by atoms with Crippen molar-refractivity contribution < 1.29 is 9.84 Å². The first-order chi connectivity index (χ1) is 8.29. The van der Waals surface area contributed by atoms with E-state index >= 15 is 0 Å². The Morgan fingerprint density at radius 1 is 1.06 bits per heavy atom. The fourth-order valence-corrected chi connectivity index (χ4v) is 1.54. The van der Waals surface area contributed by atoms with Gasteiger partial charge in [-0.15, -0.1) is 0 Å². The van der Waals surface area contributed by atoms with Gasteiger partial charge in [-0.1, -0.05) is 12.1 Å². The monoisotopic (exact) mass is 229 g/mol. The van der Waals surface area contributed by atoms with Crippen molar-refractivity contribution in [1.82, 2.24) is 0 Å². The lowest BCUT2D eigenvalue weighted by Gasteiger charge is -2.09. The molecule has 0 amide bonds. The van der Waals surface area contributed by atoms with Crippen molar-refractivity contribution in [1.29, 1.82) is 0 Å². The molecular weight excluding hydrogens is 214 g/mol. The Kier molecular flexibility index (Phi) is 3.50. The fraction of sp³-hybridized carbons (Fsp3) is 0.143. The lowest BCUT2D eigenvalue weighted by atomic mass is 10.2. The molecule has 17 heavy (non-hydrogen) atoms. The van der Waals surface area contributed by atoms with E-state index in [0.29, 0.717) is 12.3 Å². The molecule has 0 saturated heterocycles. The van der Waals surface area contributed by atoms with E-state index < -0.39 is 0 Å². The number of benzene rings is 2. The molecule has 0 spiro atoms. The van der Waals surface area contributed by atoms with Crippen LogP contribution in [0, 0.1) is 0 Å². The Balaban J connectivity index is 2.11. The molecule has 2 aromatic carbocycles. The minimum absolute atomic E-state index is 0.237. The highest BCUT2D eigenvalue weighted by molar-refractivity contribution is 5.65. The molecule has 2 aromatic rings. The van der Waals surface area contributed by atoms with Gasteiger partial charge in [0.25, 0.3) is 0 Å². The van der Waals surface area contributed by atoms with E-state index in [1.807, 2.05) is 43.3 Å². The van der Waals surface area contributed by atoms with Gasteiger partial charge in [0.1, 0.15) is 11.5 Å². The first-order valence-electron chi connectivity index (χ1n) is 5.57. The molecule has 3 nitrogen and oxygen atoms in total. The largest absolute Gasteiger partial charge is 0.506 e. The number of aromatic hydroxyl groups is 1. The molecule has 0 aromatic heterocycles. The summed E-state index contributed by atoms with van der Waals surface area (Å²) in [6.07, 6.45) is 0.